The summed E-state index contributed by atoms with van der Waals surface area (Å²) in [5.74, 6) is 0. The summed E-state index contributed by atoms with van der Waals surface area (Å²) in [6.45, 7) is 3.84. The van der Waals surface area contributed by atoms with Gasteiger partial charge in [-0.05, 0) is 47.1 Å². The Bertz CT molecular complexity index is 755. The standard InChI is InChI=1S/C23H22/c1-2-3-6-14-21-17-11-18-22(19-12-7-4-8-13-19)23(21)20-15-9-5-10-16-20/h2,4-5,7-13,15-18H,1,3,6,14H2. The van der Waals surface area contributed by atoms with Gasteiger partial charge in [-0.25, -0.2) is 0 Å². The molecule has 0 saturated carbocycles. The van der Waals surface area contributed by atoms with Crippen LogP contribution in [0.25, 0.3) is 22.3 Å². The Balaban J connectivity index is 2.12. The van der Waals surface area contributed by atoms with Crippen molar-refractivity contribution in [2.45, 2.75) is 19.3 Å². The SMILES string of the molecule is C=CCCCc1cccc(-c2ccccc2)c1-c1ccccc1. The van der Waals surface area contributed by atoms with Crippen molar-refractivity contribution < 1.29 is 0 Å². The van der Waals surface area contributed by atoms with E-state index < -0.39 is 0 Å². The summed E-state index contributed by atoms with van der Waals surface area (Å²) < 4.78 is 0. The molecule has 0 amide bonds. The summed E-state index contributed by atoms with van der Waals surface area (Å²) >= 11 is 0. The fraction of sp³-hybridized carbons (Fsp3) is 0.130. The van der Waals surface area contributed by atoms with Gasteiger partial charge in [0.15, 0.2) is 0 Å². The summed E-state index contributed by atoms with van der Waals surface area (Å²) in [5.41, 5.74) is 6.66. The second-order valence-corrected chi connectivity index (χ2v) is 5.75. The molecule has 3 rings (SSSR count). The van der Waals surface area contributed by atoms with Gasteiger partial charge >= 0.3 is 0 Å². The normalized spacial score (nSPS) is 10.4. The zero-order valence-electron chi connectivity index (χ0n) is 13.4. The third-order valence-corrected chi connectivity index (χ3v) is 4.15. The molecule has 0 N–H and O–H groups in total. The third kappa shape index (κ3) is 3.60. The van der Waals surface area contributed by atoms with E-state index in [-0.39, 0.29) is 0 Å². The number of rotatable bonds is 6. The van der Waals surface area contributed by atoms with E-state index in [0.717, 1.165) is 19.3 Å². The van der Waals surface area contributed by atoms with E-state index in [0.29, 0.717) is 0 Å². The van der Waals surface area contributed by atoms with Gasteiger partial charge < -0.3 is 0 Å². The second-order valence-electron chi connectivity index (χ2n) is 5.75. The molecule has 23 heavy (non-hydrogen) atoms. The van der Waals surface area contributed by atoms with Gasteiger partial charge in [-0.2, -0.15) is 0 Å². The van der Waals surface area contributed by atoms with Gasteiger partial charge in [-0.3, -0.25) is 0 Å². The highest BCUT2D eigenvalue weighted by atomic mass is 14.2. The lowest BCUT2D eigenvalue weighted by Gasteiger charge is -2.16. The van der Waals surface area contributed by atoms with E-state index in [1.54, 1.807) is 0 Å². The fourth-order valence-electron chi connectivity index (χ4n) is 3.05. The van der Waals surface area contributed by atoms with Gasteiger partial charge in [-0.15, -0.1) is 6.58 Å². The average molecular weight is 298 g/mol. The molecule has 0 radical (unpaired) electrons. The molecule has 0 atom stereocenters. The first-order valence-electron chi connectivity index (χ1n) is 8.24. The molecule has 0 aliphatic heterocycles. The lowest BCUT2D eigenvalue weighted by Crippen LogP contribution is -1.94. The van der Waals surface area contributed by atoms with Crippen LogP contribution in [0, 0.1) is 0 Å². The molecule has 0 nitrogen and oxygen atoms in total. The Labute approximate surface area is 139 Å². The van der Waals surface area contributed by atoms with E-state index in [4.69, 9.17) is 0 Å². The molecule has 0 heterocycles. The van der Waals surface area contributed by atoms with Crippen LogP contribution in [0.1, 0.15) is 18.4 Å². The van der Waals surface area contributed by atoms with Crippen LogP contribution in [0.2, 0.25) is 0 Å². The molecule has 3 aromatic carbocycles. The molecule has 0 heteroatoms. The fourth-order valence-corrected chi connectivity index (χ4v) is 3.05. The Morgan fingerprint density at radius 1 is 0.696 bits per heavy atom. The summed E-state index contributed by atoms with van der Waals surface area (Å²) in [4.78, 5) is 0. The zero-order valence-corrected chi connectivity index (χ0v) is 13.4. The van der Waals surface area contributed by atoms with Crippen molar-refractivity contribution in [1.82, 2.24) is 0 Å². The number of benzene rings is 3. The zero-order chi connectivity index (χ0) is 15.9. The topological polar surface area (TPSA) is 0 Å². The van der Waals surface area contributed by atoms with Crippen molar-refractivity contribution in [2.24, 2.45) is 0 Å². The molecule has 0 unspecified atom stereocenters. The van der Waals surface area contributed by atoms with Crippen LogP contribution in [0.3, 0.4) is 0 Å². The highest BCUT2D eigenvalue weighted by Crippen LogP contribution is 2.35. The molecular formula is C23H22. The number of unbranched alkanes of at least 4 members (excludes halogenated alkanes) is 1. The number of hydrogen-bond acceptors (Lipinski definition) is 0. The Morgan fingerprint density at radius 2 is 1.35 bits per heavy atom. The van der Waals surface area contributed by atoms with Gasteiger partial charge in [0.2, 0.25) is 0 Å². The van der Waals surface area contributed by atoms with E-state index >= 15 is 0 Å². The van der Waals surface area contributed by atoms with Crippen LogP contribution in [0.5, 0.6) is 0 Å². The predicted octanol–water partition coefficient (Wildman–Crippen LogP) is 6.53. The summed E-state index contributed by atoms with van der Waals surface area (Å²) in [6, 6.07) is 28.1. The molecule has 0 fully saturated rings. The lowest BCUT2D eigenvalue weighted by molar-refractivity contribution is 0.846. The first kappa shape index (κ1) is 15.3. The summed E-state index contributed by atoms with van der Waals surface area (Å²) in [7, 11) is 0. The van der Waals surface area contributed by atoms with Crippen LogP contribution in [-0.4, -0.2) is 0 Å². The van der Waals surface area contributed by atoms with E-state index in [9.17, 15) is 0 Å². The van der Waals surface area contributed by atoms with Gasteiger partial charge in [0.25, 0.3) is 0 Å². The van der Waals surface area contributed by atoms with Crippen molar-refractivity contribution >= 4 is 0 Å². The van der Waals surface area contributed by atoms with Crippen molar-refractivity contribution in [3.05, 3.63) is 97.1 Å². The van der Waals surface area contributed by atoms with E-state index in [1.165, 1.54) is 27.8 Å². The molecule has 0 aromatic heterocycles. The monoisotopic (exact) mass is 298 g/mol. The van der Waals surface area contributed by atoms with Gasteiger partial charge in [0.05, 0.1) is 0 Å². The van der Waals surface area contributed by atoms with Gasteiger partial charge in [0.1, 0.15) is 0 Å². The molecule has 0 bridgehead atoms. The molecule has 3 aromatic rings. The van der Waals surface area contributed by atoms with Crippen LogP contribution in [-0.2, 0) is 6.42 Å². The summed E-state index contributed by atoms with van der Waals surface area (Å²) in [5, 5.41) is 0. The minimum atomic E-state index is 1.06. The van der Waals surface area contributed by atoms with E-state index in [2.05, 4.69) is 85.4 Å². The first-order valence-corrected chi connectivity index (χ1v) is 8.24. The number of aryl methyl sites for hydroxylation is 1. The smallest absolute Gasteiger partial charge is 0.00733 e. The first-order chi connectivity index (χ1) is 11.4. The maximum atomic E-state index is 3.84. The van der Waals surface area contributed by atoms with Gasteiger partial charge in [-0.1, -0.05) is 84.9 Å². The number of allylic oxidation sites excluding steroid dienone is 1. The van der Waals surface area contributed by atoms with Crippen LogP contribution in [0.4, 0.5) is 0 Å². The maximum Gasteiger partial charge on any atom is -0.00733 e. The quantitative estimate of drug-likeness (QED) is 0.358. The minimum absolute atomic E-state index is 1.06. The van der Waals surface area contributed by atoms with Gasteiger partial charge in [0, 0.05) is 0 Å². The van der Waals surface area contributed by atoms with Crippen LogP contribution in [0.15, 0.2) is 91.5 Å². The molecule has 0 aliphatic carbocycles. The van der Waals surface area contributed by atoms with Crippen molar-refractivity contribution in [3.63, 3.8) is 0 Å². The highest BCUT2D eigenvalue weighted by molar-refractivity contribution is 5.85. The number of hydrogen-bond donors (Lipinski definition) is 0. The summed E-state index contributed by atoms with van der Waals surface area (Å²) in [6.07, 6.45) is 5.28. The average Bonchev–Trinajstić information content (AvgIpc) is 2.63. The molecule has 0 aliphatic rings. The lowest BCUT2D eigenvalue weighted by atomic mass is 9.88. The van der Waals surface area contributed by atoms with Crippen molar-refractivity contribution in [3.8, 4) is 22.3 Å². The van der Waals surface area contributed by atoms with Crippen LogP contribution >= 0.6 is 0 Å². The predicted molar refractivity (Wildman–Crippen MR) is 100 cm³/mol. The highest BCUT2D eigenvalue weighted by Gasteiger charge is 2.11. The Morgan fingerprint density at radius 3 is 2.00 bits per heavy atom. The Hall–Kier alpha value is -2.60. The van der Waals surface area contributed by atoms with Crippen molar-refractivity contribution in [1.29, 1.82) is 0 Å². The molecular weight excluding hydrogens is 276 g/mol. The maximum absolute atomic E-state index is 3.84. The Kier molecular flexibility index (Phi) is 5.06. The van der Waals surface area contributed by atoms with Crippen LogP contribution < -0.4 is 0 Å². The van der Waals surface area contributed by atoms with Crippen molar-refractivity contribution in [2.75, 3.05) is 0 Å². The van der Waals surface area contributed by atoms with E-state index in [1.807, 2.05) is 6.08 Å². The molecule has 114 valence electrons. The largest absolute Gasteiger partial charge is 0.103 e. The third-order valence-electron chi connectivity index (χ3n) is 4.15. The second kappa shape index (κ2) is 7.60. The molecule has 0 spiro atoms. The minimum Gasteiger partial charge on any atom is -0.103 e. The molecule has 0 saturated heterocycles.